The number of hydrogen-bond donors (Lipinski definition) is 1. The quantitative estimate of drug-likeness (QED) is 0.0708. The fourth-order valence-corrected chi connectivity index (χ4v) is 6.83. The van der Waals surface area contributed by atoms with Crippen molar-refractivity contribution in [2.24, 2.45) is 0 Å². The molecule has 0 fully saturated rings. The van der Waals surface area contributed by atoms with Gasteiger partial charge in [-0.2, -0.15) is 0 Å². The highest BCUT2D eigenvalue weighted by Gasteiger charge is 2.39. The second kappa shape index (κ2) is 17.8. The van der Waals surface area contributed by atoms with Gasteiger partial charge in [-0.1, -0.05) is 109 Å². The first kappa shape index (κ1) is 37.2. The van der Waals surface area contributed by atoms with Crippen LogP contribution in [0.15, 0.2) is 158 Å². The van der Waals surface area contributed by atoms with E-state index >= 15 is 0 Å². The van der Waals surface area contributed by atoms with Gasteiger partial charge in [-0.15, -0.1) is 0 Å². The molecular formula is C46H47NO6. The zero-order valence-electron chi connectivity index (χ0n) is 30.8. The monoisotopic (exact) mass is 709 g/mol. The van der Waals surface area contributed by atoms with E-state index in [0.717, 1.165) is 56.4 Å². The first-order valence-electron chi connectivity index (χ1n) is 17.7. The minimum atomic E-state index is -0.886. The molecule has 0 radical (unpaired) electrons. The molecule has 53 heavy (non-hydrogen) atoms. The predicted octanol–water partition coefficient (Wildman–Crippen LogP) is 8.63. The minimum Gasteiger partial charge on any atom is -0.497 e. The Kier molecular flexibility index (Phi) is 12.4. The lowest BCUT2D eigenvalue weighted by Crippen LogP contribution is -2.37. The van der Waals surface area contributed by atoms with Crippen LogP contribution in [0.5, 0.6) is 23.0 Å². The summed E-state index contributed by atoms with van der Waals surface area (Å²) in [6.07, 6.45) is 0. The van der Waals surface area contributed by atoms with Crippen LogP contribution in [0.25, 0.3) is 0 Å². The smallest absolute Gasteiger partial charge is 0.143 e. The van der Waals surface area contributed by atoms with Crippen molar-refractivity contribution in [2.45, 2.75) is 11.2 Å². The molecule has 0 aromatic heterocycles. The van der Waals surface area contributed by atoms with Gasteiger partial charge in [-0.3, -0.25) is 0 Å². The van der Waals surface area contributed by atoms with E-state index in [1.807, 2.05) is 84.9 Å². The van der Waals surface area contributed by atoms with Gasteiger partial charge in [0.2, 0.25) is 0 Å². The molecule has 0 heterocycles. The van der Waals surface area contributed by atoms with Gasteiger partial charge in [0.05, 0.1) is 41.7 Å². The molecule has 272 valence electrons. The summed E-state index contributed by atoms with van der Waals surface area (Å²) in [5, 5.41) is 3.58. The molecule has 0 atom stereocenters. The van der Waals surface area contributed by atoms with Crippen molar-refractivity contribution in [1.29, 1.82) is 0 Å². The van der Waals surface area contributed by atoms with Crippen molar-refractivity contribution >= 4 is 0 Å². The van der Waals surface area contributed by atoms with Gasteiger partial charge >= 0.3 is 0 Å². The number of benzene rings is 6. The SMILES string of the molecule is COc1ccc(C(OCCNCCOC(c2ccccc2)(c2ccc(OC)cc2)c2ccc(OC)cc2)(c2ccccc2)c2ccc(OC)cc2)cc1. The third kappa shape index (κ3) is 8.08. The van der Waals surface area contributed by atoms with Crippen LogP contribution in [0.3, 0.4) is 0 Å². The van der Waals surface area contributed by atoms with Gasteiger partial charge in [-0.05, 0) is 81.9 Å². The molecule has 6 aromatic carbocycles. The largest absolute Gasteiger partial charge is 0.497 e. The topological polar surface area (TPSA) is 67.4 Å². The minimum absolute atomic E-state index is 0.424. The lowest BCUT2D eigenvalue weighted by molar-refractivity contribution is 0.00539. The molecule has 7 heteroatoms. The summed E-state index contributed by atoms with van der Waals surface area (Å²) in [5.74, 6) is 3.12. The number of hydrogen-bond acceptors (Lipinski definition) is 7. The Morgan fingerprint density at radius 3 is 0.830 bits per heavy atom. The Morgan fingerprint density at radius 1 is 0.340 bits per heavy atom. The standard InChI is InChI=1S/C46H47NO6/c1-48-41-23-15-37(16-24-41)45(35-11-7-5-8-12-35,38-17-25-42(49-2)26-18-38)52-33-31-47-32-34-53-46(36-13-9-6-10-14-36,39-19-27-43(50-3)28-20-39)40-21-29-44(51-4)30-22-40/h5-30,47H,31-34H2,1-4H3. The van der Waals surface area contributed by atoms with Crippen molar-refractivity contribution < 1.29 is 28.4 Å². The number of nitrogens with one attached hydrogen (secondary N) is 1. The molecule has 0 bridgehead atoms. The average molecular weight is 710 g/mol. The summed E-state index contributed by atoms with van der Waals surface area (Å²) in [4.78, 5) is 0. The second-order valence-corrected chi connectivity index (χ2v) is 12.5. The van der Waals surface area contributed by atoms with E-state index in [2.05, 4.69) is 78.1 Å². The average Bonchev–Trinajstić information content (AvgIpc) is 3.24. The van der Waals surface area contributed by atoms with E-state index in [1.165, 1.54) is 0 Å². The van der Waals surface area contributed by atoms with Crippen molar-refractivity contribution in [2.75, 3.05) is 54.7 Å². The zero-order chi connectivity index (χ0) is 36.9. The number of ether oxygens (including phenoxy) is 6. The third-order valence-electron chi connectivity index (χ3n) is 9.54. The molecule has 7 nitrogen and oxygen atoms in total. The van der Waals surface area contributed by atoms with Crippen LogP contribution in [-0.4, -0.2) is 54.7 Å². The maximum atomic E-state index is 7.03. The number of methoxy groups -OCH3 is 4. The van der Waals surface area contributed by atoms with Crippen molar-refractivity contribution in [1.82, 2.24) is 5.32 Å². The molecule has 6 rings (SSSR count). The fraction of sp³-hybridized carbons (Fsp3) is 0.217. The Labute approximate surface area is 313 Å². The van der Waals surface area contributed by atoms with Crippen LogP contribution in [-0.2, 0) is 20.7 Å². The lowest BCUT2D eigenvalue weighted by Gasteiger charge is -2.36. The Morgan fingerprint density at radius 2 is 0.585 bits per heavy atom. The summed E-state index contributed by atoms with van der Waals surface area (Å²) >= 11 is 0. The van der Waals surface area contributed by atoms with Crippen molar-refractivity contribution in [3.05, 3.63) is 191 Å². The van der Waals surface area contributed by atoms with E-state index in [9.17, 15) is 0 Å². The molecule has 6 aromatic rings. The highest BCUT2D eigenvalue weighted by atomic mass is 16.5. The molecule has 0 aliphatic heterocycles. The van der Waals surface area contributed by atoms with E-state index in [4.69, 9.17) is 28.4 Å². The summed E-state index contributed by atoms with van der Waals surface area (Å²) < 4.78 is 36.0. The summed E-state index contributed by atoms with van der Waals surface area (Å²) in [6, 6.07) is 53.0. The molecule has 1 N–H and O–H groups in total. The van der Waals surface area contributed by atoms with Gasteiger partial charge in [-0.25, -0.2) is 0 Å². The Bertz CT molecular complexity index is 1720. The van der Waals surface area contributed by atoms with Crippen LogP contribution >= 0.6 is 0 Å². The summed E-state index contributed by atoms with van der Waals surface area (Å²) in [6.45, 7) is 2.03. The normalized spacial score (nSPS) is 11.5. The molecule has 0 spiro atoms. The summed E-state index contributed by atoms with van der Waals surface area (Å²) in [7, 11) is 6.69. The molecule has 0 saturated carbocycles. The molecule has 0 saturated heterocycles. The van der Waals surface area contributed by atoms with Gasteiger partial charge in [0.1, 0.15) is 34.2 Å². The molecule has 0 unspecified atom stereocenters. The van der Waals surface area contributed by atoms with Crippen LogP contribution in [0.4, 0.5) is 0 Å². The summed E-state index contributed by atoms with van der Waals surface area (Å²) in [5.41, 5.74) is 4.23. The highest BCUT2D eigenvalue weighted by Crippen LogP contribution is 2.43. The third-order valence-corrected chi connectivity index (χ3v) is 9.54. The van der Waals surface area contributed by atoms with Gasteiger partial charge in [0.15, 0.2) is 0 Å². The van der Waals surface area contributed by atoms with E-state index in [-0.39, 0.29) is 0 Å². The van der Waals surface area contributed by atoms with E-state index < -0.39 is 11.2 Å². The zero-order valence-corrected chi connectivity index (χ0v) is 30.8. The first-order valence-corrected chi connectivity index (χ1v) is 17.7. The predicted molar refractivity (Wildman–Crippen MR) is 209 cm³/mol. The van der Waals surface area contributed by atoms with Crippen molar-refractivity contribution in [3.63, 3.8) is 0 Å². The van der Waals surface area contributed by atoms with E-state index in [0.29, 0.717) is 26.3 Å². The molecule has 0 aliphatic carbocycles. The molecule has 0 amide bonds. The molecular weight excluding hydrogens is 663 g/mol. The van der Waals surface area contributed by atoms with Gasteiger partial charge in [0.25, 0.3) is 0 Å². The van der Waals surface area contributed by atoms with E-state index in [1.54, 1.807) is 28.4 Å². The van der Waals surface area contributed by atoms with Crippen molar-refractivity contribution in [3.8, 4) is 23.0 Å². The Balaban J connectivity index is 1.24. The van der Waals surface area contributed by atoms with Crippen LogP contribution in [0.1, 0.15) is 33.4 Å². The maximum Gasteiger partial charge on any atom is 0.143 e. The first-order chi connectivity index (χ1) is 26.1. The highest BCUT2D eigenvalue weighted by molar-refractivity contribution is 5.51. The maximum absolute atomic E-state index is 7.03. The lowest BCUT2D eigenvalue weighted by atomic mass is 9.80. The number of rotatable bonds is 18. The second-order valence-electron chi connectivity index (χ2n) is 12.5. The Hall–Kier alpha value is -5.60. The van der Waals surface area contributed by atoms with Gasteiger partial charge < -0.3 is 33.7 Å². The molecule has 0 aliphatic rings. The van der Waals surface area contributed by atoms with Crippen LogP contribution < -0.4 is 24.3 Å². The fourth-order valence-electron chi connectivity index (χ4n) is 6.83. The van der Waals surface area contributed by atoms with Gasteiger partial charge in [0, 0.05) is 13.1 Å². The van der Waals surface area contributed by atoms with Crippen LogP contribution in [0.2, 0.25) is 0 Å². The van der Waals surface area contributed by atoms with Crippen LogP contribution in [0, 0.1) is 0 Å².